The third-order valence-electron chi connectivity index (χ3n) is 10.9. The van der Waals surface area contributed by atoms with Gasteiger partial charge in [-0.15, -0.1) is 0 Å². The molecule has 0 amide bonds. The Kier molecular flexibility index (Phi) is 4.69. The Balaban J connectivity index is 1.14. The van der Waals surface area contributed by atoms with Gasteiger partial charge in [0.05, 0.1) is 56.6 Å². The van der Waals surface area contributed by atoms with E-state index in [0.29, 0.717) is 11.0 Å². The number of aromatic nitrogens is 3. The summed E-state index contributed by atoms with van der Waals surface area (Å²) in [6.07, 6.45) is 0. The van der Waals surface area contributed by atoms with Crippen molar-refractivity contribution >= 4 is 65.4 Å². The maximum Gasteiger partial charge on any atom is 0.0782 e. The summed E-state index contributed by atoms with van der Waals surface area (Å²) in [5.41, 5.74) is 4.65. The smallest absolute Gasteiger partial charge is 0.0782 e. The predicted octanol–water partition coefficient (Wildman–Crippen LogP) is 14.3. The average Bonchev–Trinajstić information content (AvgIpc) is 4.02. The molecule has 0 N–H and O–H groups in total. The molecule has 266 valence electrons. The van der Waals surface area contributed by atoms with Gasteiger partial charge in [0.25, 0.3) is 0 Å². The minimum Gasteiger partial charge on any atom is -0.309 e. The molecule has 0 aliphatic carbocycles. The molecule has 3 heteroatoms. The molecule has 0 aliphatic heterocycles. The molecule has 0 radical (unpaired) electrons. The normalized spacial score (nSPS) is 15.1. The summed E-state index contributed by atoms with van der Waals surface area (Å²) in [4.78, 5) is 0. The zero-order chi connectivity index (χ0) is 48.8. The molecule has 0 unspecified atom stereocenters. The molecule has 0 saturated heterocycles. The van der Waals surface area contributed by atoms with Crippen LogP contribution < -0.4 is 0 Å². The molecule has 0 spiro atoms. The Morgan fingerprint density at radius 2 is 0.807 bits per heavy atom. The van der Waals surface area contributed by atoms with E-state index in [1.807, 2.05) is 78.9 Å². The summed E-state index contributed by atoms with van der Waals surface area (Å²) in [6.45, 7) is 0. The first-order valence-electron chi connectivity index (χ1n) is 25.1. The largest absolute Gasteiger partial charge is 0.309 e. The molecule has 3 aromatic heterocycles. The molecule has 3 nitrogen and oxygen atoms in total. The van der Waals surface area contributed by atoms with Crippen LogP contribution in [0.15, 0.2) is 212 Å². The van der Waals surface area contributed by atoms with E-state index in [4.69, 9.17) is 11.0 Å². The van der Waals surface area contributed by atoms with E-state index in [9.17, 15) is 6.85 Å². The Hall–Kier alpha value is -7.62. The molecule has 12 rings (SSSR count). The quantitative estimate of drug-likeness (QED) is 0.167. The average molecular weight is 739 g/mol. The van der Waals surface area contributed by atoms with Crippen molar-refractivity contribution in [2.24, 2.45) is 0 Å². The zero-order valence-electron chi connectivity index (χ0n) is 43.0. The van der Waals surface area contributed by atoms with Crippen LogP contribution in [0.3, 0.4) is 0 Å². The molecule has 0 saturated carbocycles. The van der Waals surface area contributed by atoms with Gasteiger partial charge in [-0.25, -0.2) is 0 Å². The van der Waals surface area contributed by atoms with Crippen molar-refractivity contribution in [3.8, 4) is 39.3 Å². The second-order valence-corrected chi connectivity index (χ2v) is 13.9. The van der Waals surface area contributed by atoms with E-state index in [1.54, 1.807) is 4.57 Å². The SMILES string of the molecule is [2H]c1c([2H])c([2H])c(-c2c([2H])c([2H])c(-c3c([2H])c([2H])c([2H])c(-n4c5ccccc5c5ccc(-n6c7ccccc7c7cccc(-n8c9ccccc9c9ccccc98)c76)cc54)c3[2H])c([2H])c2[2H])c([2H])c1[2H]. The van der Waals surface area contributed by atoms with Crippen molar-refractivity contribution in [1.82, 2.24) is 13.7 Å². The number of para-hydroxylation sites is 5. The van der Waals surface area contributed by atoms with Gasteiger partial charge in [-0.1, -0.05) is 157 Å². The Bertz CT molecular complexity index is 4190. The summed E-state index contributed by atoms with van der Waals surface area (Å²) in [7, 11) is 0. The first kappa shape index (κ1) is 21.5. The van der Waals surface area contributed by atoms with Gasteiger partial charge in [0.1, 0.15) is 0 Å². The highest BCUT2D eigenvalue weighted by Gasteiger charge is 2.21. The number of nitrogens with zero attached hydrogens (tertiary/aromatic N) is 3. The van der Waals surface area contributed by atoms with Crippen LogP contribution in [0.2, 0.25) is 0 Å². The number of hydrogen-bond acceptors (Lipinski definition) is 0. The third kappa shape index (κ3) is 4.79. The van der Waals surface area contributed by atoms with Crippen LogP contribution in [0.5, 0.6) is 0 Å². The highest BCUT2D eigenvalue weighted by Crippen LogP contribution is 2.41. The Morgan fingerprint density at radius 1 is 0.316 bits per heavy atom. The molecule has 0 atom stereocenters. The van der Waals surface area contributed by atoms with Crippen molar-refractivity contribution in [2.45, 2.75) is 0 Å². The van der Waals surface area contributed by atoms with Crippen molar-refractivity contribution in [3.63, 3.8) is 0 Å². The molecule has 57 heavy (non-hydrogen) atoms. The number of benzene rings is 9. The summed E-state index contributed by atoms with van der Waals surface area (Å²) < 4.78 is 122. The van der Waals surface area contributed by atoms with Crippen molar-refractivity contribution in [2.75, 3.05) is 0 Å². The maximum atomic E-state index is 9.87. The lowest BCUT2D eigenvalue weighted by molar-refractivity contribution is 1.13. The third-order valence-corrected chi connectivity index (χ3v) is 10.9. The number of hydrogen-bond donors (Lipinski definition) is 0. The van der Waals surface area contributed by atoms with E-state index in [1.165, 1.54) is 0 Å². The van der Waals surface area contributed by atoms with E-state index >= 15 is 0 Å². The van der Waals surface area contributed by atoms with Crippen LogP contribution in [-0.4, -0.2) is 13.7 Å². The molecule has 0 aliphatic rings. The second kappa shape index (κ2) is 12.5. The van der Waals surface area contributed by atoms with Gasteiger partial charge in [0.15, 0.2) is 0 Å². The fourth-order valence-electron chi connectivity index (χ4n) is 8.48. The van der Waals surface area contributed by atoms with Gasteiger partial charge < -0.3 is 13.7 Å². The lowest BCUT2D eigenvalue weighted by atomic mass is 10.00. The standard InChI is InChI=1S/C54H35N3/c1-2-14-36(15-3-1)37-28-30-38(31-29-37)39-16-12-17-40(34-39)55-48-23-8-4-20-44(48)46-33-32-41(35-53(46)55)56-49-24-9-7-21-45(49)47-22-13-27-52(54(47)56)57-50-25-10-5-18-42(50)43-19-6-11-26-51(43)57/h1-35H/i1D,2D,3D,12D,14D,15D,16D,17D,28D,29D,30D,31D,34D. The monoisotopic (exact) mass is 738 g/mol. The van der Waals surface area contributed by atoms with Crippen LogP contribution in [-0.2, 0) is 0 Å². The van der Waals surface area contributed by atoms with Crippen LogP contribution in [0.4, 0.5) is 0 Å². The van der Waals surface area contributed by atoms with Gasteiger partial charge in [0.2, 0.25) is 0 Å². The molecular formula is C54H35N3. The summed E-state index contributed by atoms with van der Waals surface area (Å²) >= 11 is 0. The predicted molar refractivity (Wildman–Crippen MR) is 240 cm³/mol. The van der Waals surface area contributed by atoms with E-state index < -0.39 is 101 Å². The van der Waals surface area contributed by atoms with Crippen LogP contribution >= 0.6 is 0 Å². The minimum atomic E-state index is -0.760. The lowest BCUT2D eigenvalue weighted by Crippen LogP contribution is -2.01. The Labute approximate surface area is 347 Å². The fraction of sp³-hybridized carbons (Fsp3) is 0. The van der Waals surface area contributed by atoms with Crippen molar-refractivity contribution in [1.29, 1.82) is 0 Å². The second-order valence-electron chi connectivity index (χ2n) is 13.9. The highest BCUT2D eigenvalue weighted by atomic mass is 15.1. The van der Waals surface area contributed by atoms with Crippen molar-refractivity contribution in [3.05, 3.63) is 212 Å². The van der Waals surface area contributed by atoms with Crippen molar-refractivity contribution < 1.29 is 17.8 Å². The highest BCUT2D eigenvalue weighted by molar-refractivity contribution is 6.16. The molecular weight excluding hydrogens is 691 g/mol. The van der Waals surface area contributed by atoms with Gasteiger partial charge in [0, 0.05) is 43.7 Å². The summed E-state index contributed by atoms with van der Waals surface area (Å²) in [5, 5.41) is 5.80. The zero-order valence-corrected chi connectivity index (χ0v) is 30.0. The van der Waals surface area contributed by atoms with Gasteiger partial charge >= 0.3 is 0 Å². The topological polar surface area (TPSA) is 14.8 Å². The molecule has 0 fully saturated rings. The van der Waals surface area contributed by atoms with Gasteiger partial charge in [-0.3, -0.25) is 0 Å². The summed E-state index contributed by atoms with van der Waals surface area (Å²) in [5.74, 6) is 0. The van der Waals surface area contributed by atoms with Crippen LogP contribution in [0, 0.1) is 0 Å². The first-order valence-corrected chi connectivity index (χ1v) is 18.6. The van der Waals surface area contributed by atoms with Crippen LogP contribution in [0.25, 0.3) is 105 Å². The maximum absolute atomic E-state index is 9.87. The Morgan fingerprint density at radius 3 is 1.46 bits per heavy atom. The van der Waals surface area contributed by atoms with E-state index in [2.05, 4.69) is 63.7 Å². The first-order chi connectivity index (χ1) is 33.7. The van der Waals surface area contributed by atoms with Crippen LogP contribution in [0.1, 0.15) is 17.8 Å². The van der Waals surface area contributed by atoms with E-state index in [-0.39, 0.29) is 5.69 Å². The van der Waals surface area contributed by atoms with Gasteiger partial charge in [-0.05, 0) is 76.8 Å². The molecule has 9 aromatic carbocycles. The summed E-state index contributed by atoms with van der Waals surface area (Å²) in [6, 6.07) is 35.8. The molecule has 3 heterocycles. The van der Waals surface area contributed by atoms with Gasteiger partial charge in [-0.2, -0.15) is 0 Å². The lowest BCUT2D eigenvalue weighted by Gasteiger charge is -2.15. The minimum absolute atomic E-state index is 0.126. The number of rotatable bonds is 5. The number of fused-ring (bicyclic) bond motifs is 9. The molecule has 0 bridgehead atoms. The van der Waals surface area contributed by atoms with E-state index in [0.717, 1.165) is 65.8 Å². The fourth-order valence-corrected chi connectivity index (χ4v) is 8.48. The molecule has 12 aromatic rings.